The third-order valence-electron chi connectivity index (χ3n) is 3.71. The Morgan fingerprint density at radius 3 is 2.95 bits per heavy atom. The van der Waals surface area contributed by atoms with Crippen LogP contribution in [-0.4, -0.2) is 49.6 Å². The summed E-state index contributed by atoms with van der Waals surface area (Å²) >= 11 is 3.43. The van der Waals surface area contributed by atoms with Crippen LogP contribution in [0.25, 0.3) is 5.78 Å². The van der Waals surface area contributed by atoms with Crippen molar-refractivity contribution in [3.05, 3.63) is 35.0 Å². The first-order valence-corrected chi connectivity index (χ1v) is 7.67. The van der Waals surface area contributed by atoms with Crippen LogP contribution in [-0.2, 0) is 11.3 Å². The van der Waals surface area contributed by atoms with Gasteiger partial charge in [0.1, 0.15) is 12.1 Å². The minimum Gasteiger partial charge on any atom is -0.378 e. The van der Waals surface area contributed by atoms with Crippen LogP contribution in [0, 0.1) is 0 Å². The highest BCUT2D eigenvalue weighted by Crippen LogP contribution is 2.28. The number of aromatic nitrogens is 6. The molecule has 1 aliphatic heterocycles. The van der Waals surface area contributed by atoms with Gasteiger partial charge in [-0.15, -0.1) is 0 Å². The Balaban J connectivity index is 1.60. The van der Waals surface area contributed by atoms with Gasteiger partial charge >= 0.3 is 0 Å². The van der Waals surface area contributed by atoms with E-state index in [-0.39, 0.29) is 0 Å². The molecule has 4 rings (SSSR count). The van der Waals surface area contributed by atoms with Gasteiger partial charge in [0.25, 0.3) is 5.78 Å². The van der Waals surface area contributed by atoms with Crippen LogP contribution in [0.3, 0.4) is 0 Å². The number of hydrogen-bond donors (Lipinski definition) is 0. The lowest BCUT2D eigenvalue weighted by molar-refractivity contribution is 0.181. The molecule has 9 heteroatoms. The third-order valence-corrected chi connectivity index (χ3v) is 4.12. The van der Waals surface area contributed by atoms with E-state index in [1.165, 1.54) is 6.33 Å². The molecule has 0 aromatic carbocycles. The van der Waals surface area contributed by atoms with Crippen molar-refractivity contribution in [1.82, 2.24) is 29.4 Å². The van der Waals surface area contributed by atoms with Crippen molar-refractivity contribution in [2.24, 2.45) is 0 Å². The van der Waals surface area contributed by atoms with E-state index in [0.717, 1.165) is 29.1 Å². The number of nitrogens with zero attached hydrogens (tertiary/aromatic N) is 7. The van der Waals surface area contributed by atoms with Crippen molar-refractivity contribution < 1.29 is 4.74 Å². The number of methoxy groups -OCH3 is 1. The van der Waals surface area contributed by atoms with Crippen LogP contribution in [0.15, 0.2) is 29.3 Å². The molecule has 1 aliphatic rings. The molecule has 0 aliphatic carbocycles. The summed E-state index contributed by atoms with van der Waals surface area (Å²) in [7, 11) is 1.66. The quantitative estimate of drug-likeness (QED) is 0.695. The maximum atomic E-state index is 5.18. The van der Waals surface area contributed by atoms with Crippen molar-refractivity contribution in [3.8, 4) is 0 Å². The fraction of sp³-hybridized carbons (Fsp3) is 0.385. The molecule has 114 valence electrons. The topological polar surface area (TPSA) is 73.4 Å². The average molecular weight is 364 g/mol. The van der Waals surface area contributed by atoms with E-state index in [2.05, 4.69) is 41.0 Å². The number of ether oxygens (including phenoxy) is 1. The van der Waals surface area contributed by atoms with Gasteiger partial charge in [0.05, 0.1) is 29.0 Å². The monoisotopic (exact) mass is 363 g/mol. The van der Waals surface area contributed by atoms with Gasteiger partial charge in [0, 0.05) is 32.5 Å². The largest absolute Gasteiger partial charge is 0.378 e. The highest BCUT2D eigenvalue weighted by molar-refractivity contribution is 9.10. The van der Waals surface area contributed by atoms with Gasteiger partial charge in [-0.1, -0.05) is 0 Å². The second-order valence-corrected chi connectivity index (χ2v) is 6.12. The molecule has 8 nitrogen and oxygen atoms in total. The number of halogens is 1. The number of hydrogen-bond acceptors (Lipinski definition) is 6. The van der Waals surface area contributed by atoms with E-state index >= 15 is 0 Å². The minimum atomic E-state index is 0.365. The second-order valence-electron chi connectivity index (χ2n) is 5.21. The summed E-state index contributed by atoms with van der Waals surface area (Å²) < 4.78 is 9.91. The maximum Gasteiger partial charge on any atom is 0.254 e. The van der Waals surface area contributed by atoms with Gasteiger partial charge in [-0.05, 0) is 15.9 Å². The second kappa shape index (κ2) is 5.33. The fourth-order valence-corrected chi connectivity index (χ4v) is 2.92. The van der Waals surface area contributed by atoms with Crippen LogP contribution < -0.4 is 4.90 Å². The number of fused-ring (bicyclic) bond motifs is 1. The van der Waals surface area contributed by atoms with Gasteiger partial charge < -0.3 is 9.64 Å². The summed E-state index contributed by atoms with van der Waals surface area (Å²) in [6, 6.07) is 2.37. The molecule has 1 saturated heterocycles. The predicted octanol–water partition coefficient (Wildman–Crippen LogP) is 1.29. The van der Waals surface area contributed by atoms with Crippen molar-refractivity contribution in [1.29, 1.82) is 0 Å². The van der Waals surface area contributed by atoms with Crippen LogP contribution in [0.5, 0.6) is 0 Å². The lowest BCUT2D eigenvalue weighted by atomic mass is 10.1. The first kappa shape index (κ1) is 13.6. The normalized spacial score (nSPS) is 15.5. The standard InChI is InChI=1S/C13H14BrN7O/c1-22-7-10-2-12(21-13(18-10)15-8-17-21)19-5-11(6-19)20-4-9(14)3-16-20/h2-4,8,11H,5-7H2,1H3. The van der Waals surface area contributed by atoms with E-state index in [4.69, 9.17) is 4.74 Å². The molecule has 0 unspecified atom stereocenters. The summed E-state index contributed by atoms with van der Waals surface area (Å²) in [5.74, 6) is 1.58. The zero-order valence-corrected chi connectivity index (χ0v) is 13.5. The summed E-state index contributed by atoms with van der Waals surface area (Å²) in [6.07, 6.45) is 5.32. The molecule has 0 atom stereocenters. The molecule has 3 aromatic rings. The molecular weight excluding hydrogens is 350 g/mol. The van der Waals surface area contributed by atoms with Gasteiger partial charge in [0.15, 0.2) is 0 Å². The summed E-state index contributed by atoms with van der Waals surface area (Å²) in [6.45, 7) is 2.21. The summed E-state index contributed by atoms with van der Waals surface area (Å²) in [5, 5.41) is 8.60. The fourth-order valence-electron chi connectivity index (χ4n) is 2.62. The first-order valence-electron chi connectivity index (χ1n) is 6.88. The minimum absolute atomic E-state index is 0.365. The Morgan fingerprint density at radius 1 is 1.36 bits per heavy atom. The molecule has 0 amide bonds. The van der Waals surface area contributed by atoms with E-state index in [1.54, 1.807) is 17.8 Å². The van der Waals surface area contributed by atoms with E-state index < -0.39 is 0 Å². The highest BCUT2D eigenvalue weighted by atomic mass is 79.9. The van der Waals surface area contributed by atoms with Crippen molar-refractivity contribution >= 4 is 27.5 Å². The van der Waals surface area contributed by atoms with Crippen LogP contribution >= 0.6 is 15.9 Å². The summed E-state index contributed by atoms with van der Waals surface area (Å²) in [4.78, 5) is 10.8. The van der Waals surface area contributed by atoms with Gasteiger partial charge in [-0.3, -0.25) is 4.68 Å². The SMILES string of the molecule is COCc1cc(N2CC(n3cc(Br)cn3)C2)n2ncnc2n1. The Labute approximate surface area is 134 Å². The predicted molar refractivity (Wildman–Crippen MR) is 82.7 cm³/mol. The Kier molecular flexibility index (Phi) is 3.30. The van der Waals surface area contributed by atoms with Crippen LogP contribution in [0.2, 0.25) is 0 Å². The molecular formula is C13H14BrN7O. The molecule has 0 N–H and O–H groups in total. The Bertz CT molecular complexity index is 808. The van der Waals surface area contributed by atoms with Crippen LogP contribution in [0.1, 0.15) is 11.7 Å². The lowest BCUT2D eigenvalue weighted by Crippen LogP contribution is -2.48. The van der Waals surface area contributed by atoms with E-state index in [0.29, 0.717) is 18.4 Å². The first-order chi connectivity index (χ1) is 10.7. The summed E-state index contributed by atoms with van der Waals surface area (Å²) in [5.41, 5.74) is 0.850. The maximum absolute atomic E-state index is 5.18. The average Bonchev–Trinajstić information content (AvgIpc) is 3.06. The molecule has 4 heterocycles. The highest BCUT2D eigenvalue weighted by Gasteiger charge is 2.31. The molecule has 0 radical (unpaired) electrons. The van der Waals surface area contributed by atoms with Crippen molar-refractivity contribution in [3.63, 3.8) is 0 Å². The zero-order valence-electron chi connectivity index (χ0n) is 11.9. The number of anilines is 1. The van der Waals surface area contributed by atoms with Crippen LogP contribution in [0.4, 0.5) is 5.82 Å². The molecule has 3 aromatic heterocycles. The van der Waals surface area contributed by atoms with Crippen molar-refractivity contribution in [2.75, 3.05) is 25.1 Å². The zero-order chi connectivity index (χ0) is 15.1. The van der Waals surface area contributed by atoms with Gasteiger partial charge in [0.2, 0.25) is 0 Å². The molecule has 0 bridgehead atoms. The van der Waals surface area contributed by atoms with E-state index in [1.807, 2.05) is 16.9 Å². The third kappa shape index (κ3) is 2.26. The van der Waals surface area contributed by atoms with Gasteiger partial charge in [-0.2, -0.15) is 19.7 Å². The Morgan fingerprint density at radius 2 is 2.23 bits per heavy atom. The lowest BCUT2D eigenvalue weighted by Gasteiger charge is -2.40. The van der Waals surface area contributed by atoms with E-state index in [9.17, 15) is 0 Å². The van der Waals surface area contributed by atoms with Gasteiger partial charge in [-0.25, -0.2) is 4.98 Å². The number of rotatable bonds is 4. The molecule has 22 heavy (non-hydrogen) atoms. The molecule has 0 spiro atoms. The molecule has 0 saturated carbocycles. The Hall–Kier alpha value is -2.00. The molecule has 1 fully saturated rings. The smallest absolute Gasteiger partial charge is 0.254 e. The van der Waals surface area contributed by atoms with Crippen molar-refractivity contribution in [2.45, 2.75) is 12.6 Å².